The van der Waals surface area contributed by atoms with E-state index < -0.39 is 0 Å². The Balaban J connectivity index is 1.61. The first-order valence-corrected chi connectivity index (χ1v) is 8.59. The fourth-order valence-electron chi connectivity index (χ4n) is 1.89. The zero-order valence-electron chi connectivity index (χ0n) is 12.3. The number of ether oxygens (including phenoxy) is 1. The number of aromatic amines is 1. The van der Waals surface area contributed by atoms with Gasteiger partial charge in [-0.15, -0.1) is 10.2 Å². The molecule has 0 aliphatic carbocycles. The van der Waals surface area contributed by atoms with Gasteiger partial charge in [-0.2, -0.15) is 0 Å². The quantitative estimate of drug-likeness (QED) is 0.503. The van der Waals surface area contributed by atoms with Crippen molar-refractivity contribution in [2.24, 2.45) is 0 Å². The predicted octanol–water partition coefficient (Wildman–Crippen LogP) is 3.59. The Labute approximate surface area is 141 Å². The molecule has 3 rings (SSSR count). The molecule has 0 atom stereocenters. The van der Waals surface area contributed by atoms with Crippen molar-refractivity contribution < 1.29 is 9.53 Å². The van der Waals surface area contributed by atoms with Crippen molar-refractivity contribution in [2.45, 2.75) is 4.34 Å². The second-order valence-electron chi connectivity index (χ2n) is 4.49. The van der Waals surface area contributed by atoms with Crippen molar-refractivity contribution >= 4 is 39.7 Å². The average Bonchev–Trinajstić information content (AvgIpc) is 3.25. The molecule has 23 heavy (non-hydrogen) atoms. The first kappa shape index (κ1) is 15.6. The van der Waals surface area contributed by atoms with E-state index in [0.717, 1.165) is 15.8 Å². The van der Waals surface area contributed by atoms with Crippen LogP contribution in [0.1, 0.15) is 10.5 Å². The monoisotopic (exact) mass is 346 g/mol. The fourth-order valence-corrected chi connectivity index (χ4v) is 3.54. The van der Waals surface area contributed by atoms with Gasteiger partial charge < -0.3 is 15.0 Å². The number of carbonyl (C=O) groups is 1. The molecule has 118 valence electrons. The average molecular weight is 346 g/mol. The van der Waals surface area contributed by atoms with Crippen LogP contribution >= 0.6 is 23.1 Å². The summed E-state index contributed by atoms with van der Waals surface area (Å²) >= 11 is 2.77. The van der Waals surface area contributed by atoms with Crippen LogP contribution in [0.2, 0.25) is 0 Å². The lowest BCUT2D eigenvalue weighted by atomic mass is 10.3. The topological polar surface area (TPSA) is 79.9 Å². The number of Topliss-reactive ketones (excluding diaryl/α,β-unsaturated/α-hetero) is 1. The van der Waals surface area contributed by atoms with E-state index in [9.17, 15) is 4.79 Å². The van der Waals surface area contributed by atoms with E-state index in [1.165, 1.54) is 23.1 Å². The van der Waals surface area contributed by atoms with Crippen molar-refractivity contribution in [3.8, 4) is 5.75 Å². The van der Waals surface area contributed by atoms with Gasteiger partial charge in [0.25, 0.3) is 0 Å². The van der Waals surface area contributed by atoms with Gasteiger partial charge in [-0.05, 0) is 24.3 Å². The molecule has 6 nitrogen and oxygen atoms in total. The van der Waals surface area contributed by atoms with Gasteiger partial charge in [0.15, 0.2) is 10.1 Å². The Hall–Kier alpha value is -2.32. The molecule has 0 radical (unpaired) electrons. The highest BCUT2D eigenvalue weighted by molar-refractivity contribution is 8.01. The highest BCUT2D eigenvalue weighted by Gasteiger charge is 2.11. The molecule has 2 aromatic heterocycles. The summed E-state index contributed by atoms with van der Waals surface area (Å²) in [4.78, 5) is 14.8. The number of carbonyl (C=O) groups excluding carboxylic acids is 1. The van der Waals surface area contributed by atoms with E-state index in [1.807, 2.05) is 24.3 Å². The lowest BCUT2D eigenvalue weighted by molar-refractivity contribution is 0.101. The van der Waals surface area contributed by atoms with E-state index in [-0.39, 0.29) is 5.78 Å². The predicted molar refractivity (Wildman–Crippen MR) is 92.0 cm³/mol. The Kier molecular flexibility index (Phi) is 4.94. The molecule has 0 aliphatic rings. The van der Waals surface area contributed by atoms with Crippen molar-refractivity contribution in [3.05, 3.63) is 48.3 Å². The molecule has 0 bridgehead atoms. The van der Waals surface area contributed by atoms with Gasteiger partial charge in [0.05, 0.1) is 24.2 Å². The lowest BCUT2D eigenvalue weighted by Gasteiger charge is -2.07. The number of hydrogen-bond acceptors (Lipinski definition) is 7. The SMILES string of the molecule is COc1ccccc1Nc1nnc(SCC(=O)c2ccc[nH]2)s1. The van der Waals surface area contributed by atoms with Gasteiger partial charge in [0, 0.05) is 6.20 Å². The van der Waals surface area contributed by atoms with Crippen molar-refractivity contribution in [3.63, 3.8) is 0 Å². The van der Waals surface area contributed by atoms with E-state index >= 15 is 0 Å². The molecule has 2 N–H and O–H groups in total. The normalized spacial score (nSPS) is 10.5. The number of nitrogens with zero attached hydrogens (tertiary/aromatic N) is 2. The molecule has 0 amide bonds. The molecule has 0 spiro atoms. The number of anilines is 2. The van der Waals surface area contributed by atoms with Gasteiger partial charge in [-0.1, -0.05) is 35.2 Å². The lowest BCUT2D eigenvalue weighted by Crippen LogP contribution is -2.02. The van der Waals surface area contributed by atoms with Gasteiger partial charge in [0.1, 0.15) is 5.75 Å². The first-order valence-electron chi connectivity index (χ1n) is 6.79. The van der Waals surface area contributed by atoms with Crippen LogP contribution in [0.5, 0.6) is 5.75 Å². The van der Waals surface area contributed by atoms with Gasteiger partial charge in [-0.25, -0.2) is 0 Å². The van der Waals surface area contributed by atoms with Crippen molar-refractivity contribution in [1.82, 2.24) is 15.2 Å². The number of nitrogens with one attached hydrogen (secondary N) is 2. The summed E-state index contributed by atoms with van der Waals surface area (Å²) in [5, 5.41) is 12.0. The van der Waals surface area contributed by atoms with Gasteiger partial charge in [0.2, 0.25) is 5.13 Å². The molecule has 0 unspecified atom stereocenters. The number of hydrogen-bond donors (Lipinski definition) is 2. The maximum Gasteiger partial charge on any atom is 0.210 e. The molecule has 1 aromatic carbocycles. The van der Waals surface area contributed by atoms with Gasteiger partial charge in [-0.3, -0.25) is 4.79 Å². The maximum absolute atomic E-state index is 11.9. The summed E-state index contributed by atoms with van der Waals surface area (Å²) in [7, 11) is 1.62. The summed E-state index contributed by atoms with van der Waals surface area (Å²) in [6.07, 6.45) is 1.73. The Morgan fingerprint density at radius 1 is 1.30 bits per heavy atom. The number of para-hydroxylation sites is 2. The van der Waals surface area contributed by atoms with Crippen LogP contribution in [-0.2, 0) is 0 Å². The Morgan fingerprint density at radius 2 is 2.17 bits per heavy atom. The Morgan fingerprint density at radius 3 is 2.96 bits per heavy atom. The molecule has 0 fully saturated rings. The maximum atomic E-state index is 11.9. The van der Waals surface area contributed by atoms with Crippen LogP contribution in [-0.4, -0.2) is 33.8 Å². The number of ketones is 1. The molecule has 2 heterocycles. The van der Waals surface area contributed by atoms with Crippen molar-refractivity contribution in [2.75, 3.05) is 18.2 Å². The molecule has 8 heteroatoms. The van der Waals surface area contributed by atoms with E-state index in [2.05, 4.69) is 20.5 Å². The molecule has 0 saturated heterocycles. The molecule has 3 aromatic rings. The third kappa shape index (κ3) is 3.91. The largest absolute Gasteiger partial charge is 0.495 e. The third-order valence-electron chi connectivity index (χ3n) is 2.98. The minimum Gasteiger partial charge on any atom is -0.495 e. The molecular weight excluding hydrogens is 332 g/mol. The second-order valence-corrected chi connectivity index (χ2v) is 6.69. The number of thioether (sulfide) groups is 1. The fraction of sp³-hybridized carbons (Fsp3) is 0.133. The standard InChI is InChI=1S/C15H14N4O2S2/c1-21-13-7-3-2-5-11(13)17-14-18-19-15(23-14)22-9-12(20)10-6-4-8-16-10/h2-8,16H,9H2,1H3,(H,17,18). The highest BCUT2D eigenvalue weighted by atomic mass is 32.2. The van der Waals surface area contributed by atoms with Crippen LogP contribution in [0.15, 0.2) is 46.9 Å². The van der Waals surface area contributed by atoms with E-state index in [1.54, 1.807) is 25.4 Å². The summed E-state index contributed by atoms with van der Waals surface area (Å²) in [6.45, 7) is 0. The summed E-state index contributed by atoms with van der Waals surface area (Å²) in [5.74, 6) is 1.09. The van der Waals surface area contributed by atoms with E-state index in [0.29, 0.717) is 16.6 Å². The first-order chi connectivity index (χ1) is 11.3. The molecule has 0 aliphatic heterocycles. The van der Waals surface area contributed by atoms with Crippen LogP contribution in [0.25, 0.3) is 0 Å². The summed E-state index contributed by atoms with van der Waals surface area (Å²) < 4.78 is 6.02. The molecule has 0 saturated carbocycles. The van der Waals surface area contributed by atoms with Gasteiger partial charge >= 0.3 is 0 Å². The summed E-state index contributed by atoms with van der Waals surface area (Å²) in [6, 6.07) is 11.2. The number of H-pyrrole nitrogens is 1. The summed E-state index contributed by atoms with van der Waals surface area (Å²) in [5.41, 5.74) is 1.43. The number of aromatic nitrogens is 3. The second kappa shape index (κ2) is 7.30. The van der Waals surface area contributed by atoms with Crippen LogP contribution in [0.4, 0.5) is 10.8 Å². The smallest absolute Gasteiger partial charge is 0.210 e. The zero-order valence-corrected chi connectivity index (χ0v) is 13.9. The zero-order chi connectivity index (χ0) is 16.1. The number of rotatable bonds is 7. The molecular formula is C15H14N4O2S2. The number of benzene rings is 1. The minimum atomic E-state index is 0.0365. The highest BCUT2D eigenvalue weighted by Crippen LogP contribution is 2.31. The van der Waals surface area contributed by atoms with Crippen LogP contribution < -0.4 is 10.1 Å². The van der Waals surface area contributed by atoms with Crippen molar-refractivity contribution in [1.29, 1.82) is 0 Å². The minimum absolute atomic E-state index is 0.0365. The van der Waals surface area contributed by atoms with Crippen LogP contribution in [0, 0.1) is 0 Å². The number of methoxy groups -OCH3 is 1. The third-order valence-corrected chi connectivity index (χ3v) is 4.95. The van der Waals surface area contributed by atoms with E-state index in [4.69, 9.17) is 4.74 Å². The van der Waals surface area contributed by atoms with Crippen LogP contribution in [0.3, 0.4) is 0 Å². The Bertz CT molecular complexity index is 786.